The van der Waals surface area contributed by atoms with E-state index in [4.69, 9.17) is 0 Å². The van der Waals surface area contributed by atoms with Gasteiger partial charge in [0, 0.05) is 18.4 Å². The van der Waals surface area contributed by atoms with Crippen molar-refractivity contribution in [3.63, 3.8) is 0 Å². The Kier molecular flexibility index (Phi) is 5.59. The van der Waals surface area contributed by atoms with Crippen LogP contribution in [-0.2, 0) is 17.8 Å². The maximum Gasteiger partial charge on any atom is 0.347 e. The summed E-state index contributed by atoms with van der Waals surface area (Å²) in [6.45, 7) is 1.93. The van der Waals surface area contributed by atoms with Crippen LogP contribution in [0.4, 0.5) is 0 Å². The minimum absolute atomic E-state index is 0.0239. The minimum Gasteiger partial charge on any atom is -0.352 e. The molecule has 3 rings (SSSR count). The average Bonchev–Trinajstić information content (AvgIpc) is 2.65. The molecule has 26 heavy (non-hydrogen) atoms. The van der Waals surface area contributed by atoms with Crippen LogP contribution in [0.5, 0.6) is 0 Å². The number of nitrogens with one attached hydrogen (secondary N) is 1. The Bertz CT molecular complexity index is 918. The zero-order chi connectivity index (χ0) is 18.4. The molecule has 3 aromatic rings. The third-order valence-corrected chi connectivity index (χ3v) is 4.11. The first kappa shape index (κ1) is 17.6. The van der Waals surface area contributed by atoms with E-state index in [1.807, 2.05) is 25.1 Å². The lowest BCUT2D eigenvalue weighted by Gasteiger charge is -2.15. The van der Waals surface area contributed by atoms with E-state index < -0.39 is 5.69 Å². The highest BCUT2D eigenvalue weighted by atomic mass is 16.2. The number of nitrogens with zero attached hydrogens (tertiary/aromatic N) is 2. The molecule has 0 spiro atoms. The van der Waals surface area contributed by atoms with Gasteiger partial charge in [0.05, 0.1) is 0 Å². The molecule has 132 valence electrons. The van der Waals surface area contributed by atoms with Crippen LogP contribution in [0.1, 0.15) is 12.5 Å². The van der Waals surface area contributed by atoms with Gasteiger partial charge in [-0.05, 0) is 36.1 Å². The second-order valence-corrected chi connectivity index (χ2v) is 6.27. The first-order valence-electron chi connectivity index (χ1n) is 8.57. The first-order valence-corrected chi connectivity index (χ1v) is 8.57. The highest BCUT2D eigenvalue weighted by molar-refractivity contribution is 5.76. The van der Waals surface area contributed by atoms with Crippen molar-refractivity contribution in [1.29, 1.82) is 0 Å². The molecule has 0 fully saturated rings. The fourth-order valence-corrected chi connectivity index (χ4v) is 2.85. The Balaban J connectivity index is 1.56. The fraction of sp³-hybridized carbons (Fsp3) is 0.190. The molecule has 1 N–H and O–H groups in total. The molecular formula is C21H21N3O2. The number of rotatable bonds is 6. The van der Waals surface area contributed by atoms with E-state index in [2.05, 4.69) is 46.7 Å². The van der Waals surface area contributed by atoms with Crippen LogP contribution >= 0.6 is 0 Å². The number of carbonyl (C=O) groups is 1. The number of hydrogen-bond donors (Lipinski definition) is 1. The van der Waals surface area contributed by atoms with Crippen molar-refractivity contribution in [3.05, 3.63) is 89.1 Å². The Morgan fingerprint density at radius 3 is 2.42 bits per heavy atom. The summed E-state index contributed by atoms with van der Waals surface area (Å²) < 4.78 is 1.29. The van der Waals surface area contributed by atoms with Gasteiger partial charge in [-0.2, -0.15) is 0 Å². The Labute approximate surface area is 152 Å². The molecule has 1 heterocycles. The lowest BCUT2D eigenvalue weighted by molar-refractivity contribution is -0.122. The number of amides is 1. The molecular weight excluding hydrogens is 326 g/mol. The second-order valence-electron chi connectivity index (χ2n) is 6.27. The summed E-state index contributed by atoms with van der Waals surface area (Å²) in [5.74, 6) is -0.200. The summed E-state index contributed by atoms with van der Waals surface area (Å²) in [7, 11) is 0. The molecule has 0 saturated carbocycles. The van der Waals surface area contributed by atoms with Gasteiger partial charge < -0.3 is 5.32 Å². The highest BCUT2D eigenvalue weighted by Gasteiger charge is 2.10. The molecule has 1 atom stereocenters. The first-order chi connectivity index (χ1) is 12.6. The predicted octanol–water partition coefficient (Wildman–Crippen LogP) is 2.66. The van der Waals surface area contributed by atoms with E-state index in [-0.39, 0.29) is 18.5 Å². The molecule has 0 saturated heterocycles. The zero-order valence-corrected chi connectivity index (χ0v) is 14.6. The monoisotopic (exact) mass is 347 g/mol. The Morgan fingerprint density at radius 2 is 1.73 bits per heavy atom. The van der Waals surface area contributed by atoms with Gasteiger partial charge in [0.1, 0.15) is 6.54 Å². The van der Waals surface area contributed by atoms with Crippen LogP contribution in [0.3, 0.4) is 0 Å². The van der Waals surface area contributed by atoms with Crippen LogP contribution in [0, 0.1) is 0 Å². The number of benzene rings is 2. The molecule has 0 unspecified atom stereocenters. The van der Waals surface area contributed by atoms with Crippen LogP contribution < -0.4 is 11.0 Å². The van der Waals surface area contributed by atoms with Gasteiger partial charge in [-0.15, -0.1) is 0 Å². The number of hydrogen-bond acceptors (Lipinski definition) is 3. The quantitative estimate of drug-likeness (QED) is 0.746. The standard InChI is InChI=1S/C21H21N3O2/c1-16(23-20(25)15-24-13-5-12-22-21(24)26)14-17-8-10-19(11-9-17)18-6-3-2-4-7-18/h2-13,16H,14-15H2,1H3,(H,23,25)/t16-/m1/s1. The topological polar surface area (TPSA) is 64.0 Å². The summed E-state index contributed by atoms with van der Waals surface area (Å²) in [6.07, 6.45) is 3.70. The lowest BCUT2D eigenvalue weighted by Crippen LogP contribution is -2.38. The molecule has 5 heteroatoms. The van der Waals surface area contributed by atoms with Gasteiger partial charge in [-0.1, -0.05) is 54.6 Å². The van der Waals surface area contributed by atoms with E-state index in [0.717, 1.165) is 12.0 Å². The van der Waals surface area contributed by atoms with Gasteiger partial charge in [0.2, 0.25) is 5.91 Å². The molecule has 5 nitrogen and oxygen atoms in total. The van der Waals surface area contributed by atoms with E-state index in [1.165, 1.54) is 21.9 Å². The van der Waals surface area contributed by atoms with E-state index in [9.17, 15) is 9.59 Å². The van der Waals surface area contributed by atoms with Crippen molar-refractivity contribution in [3.8, 4) is 11.1 Å². The van der Waals surface area contributed by atoms with Crippen LogP contribution in [0.25, 0.3) is 11.1 Å². The SMILES string of the molecule is C[C@H](Cc1ccc(-c2ccccc2)cc1)NC(=O)Cn1cccnc1=O. The van der Waals surface area contributed by atoms with E-state index >= 15 is 0 Å². The summed E-state index contributed by atoms with van der Waals surface area (Å²) in [4.78, 5) is 27.3. The maximum atomic E-state index is 12.1. The fourth-order valence-electron chi connectivity index (χ4n) is 2.85. The molecule has 0 radical (unpaired) electrons. The third-order valence-electron chi connectivity index (χ3n) is 4.11. The van der Waals surface area contributed by atoms with Gasteiger partial charge in [0.15, 0.2) is 0 Å². The number of aromatic nitrogens is 2. The molecule has 1 amide bonds. The molecule has 0 aliphatic heterocycles. The maximum absolute atomic E-state index is 12.1. The average molecular weight is 347 g/mol. The van der Waals surface area contributed by atoms with E-state index in [0.29, 0.717) is 0 Å². The van der Waals surface area contributed by atoms with Crippen LogP contribution in [-0.4, -0.2) is 21.5 Å². The normalized spacial score (nSPS) is 11.7. The van der Waals surface area contributed by atoms with Gasteiger partial charge in [-0.25, -0.2) is 9.78 Å². The summed E-state index contributed by atoms with van der Waals surface area (Å²) in [5.41, 5.74) is 3.08. The van der Waals surface area contributed by atoms with Crippen LogP contribution in [0.15, 0.2) is 77.9 Å². The minimum atomic E-state index is -0.424. The van der Waals surface area contributed by atoms with Gasteiger partial charge in [0.25, 0.3) is 0 Å². The van der Waals surface area contributed by atoms with Gasteiger partial charge in [-0.3, -0.25) is 9.36 Å². The predicted molar refractivity (Wildman–Crippen MR) is 102 cm³/mol. The summed E-state index contributed by atoms with van der Waals surface area (Å²) in [6, 6.07) is 20.2. The van der Waals surface area contributed by atoms with Crippen molar-refractivity contribution in [1.82, 2.24) is 14.9 Å². The van der Waals surface area contributed by atoms with Crippen molar-refractivity contribution in [2.24, 2.45) is 0 Å². The molecule has 0 aliphatic rings. The Hall–Kier alpha value is -3.21. The van der Waals surface area contributed by atoms with Gasteiger partial charge >= 0.3 is 5.69 Å². The molecule has 0 aliphatic carbocycles. The summed E-state index contributed by atoms with van der Waals surface area (Å²) >= 11 is 0. The van der Waals surface area contributed by atoms with Crippen molar-refractivity contribution >= 4 is 5.91 Å². The largest absolute Gasteiger partial charge is 0.352 e. The second kappa shape index (κ2) is 8.25. The smallest absolute Gasteiger partial charge is 0.347 e. The van der Waals surface area contributed by atoms with Crippen LogP contribution in [0.2, 0.25) is 0 Å². The summed E-state index contributed by atoms with van der Waals surface area (Å²) in [5, 5.41) is 2.92. The zero-order valence-electron chi connectivity index (χ0n) is 14.6. The third kappa shape index (κ3) is 4.66. The Morgan fingerprint density at radius 1 is 1.04 bits per heavy atom. The molecule has 0 bridgehead atoms. The van der Waals surface area contributed by atoms with Crippen molar-refractivity contribution < 1.29 is 4.79 Å². The molecule has 1 aromatic heterocycles. The lowest BCUT2D eigenvalue weighted by atomic mass is 10.0. The van der Waals surface area contributed by atoms with E-state index in [1.54, 1.807) is 12.3 Å². The number of carbonyl (C=O) groups excluding carboxylic acids is 1. The highest BCUT2D eigenvalue weighted by Crippen LogP contribution is 2.19. The van der Waals surface area contributed by atoms with Crippen molar-refractivity contribution in [2.75, 3.05) is 0 Å². The van der Waals surface area contributed by atoms with Crippen molar-refractivity contribution in [2.45, 2.75) is 25.9 Å². The molecule has 2 aromatic carbocycles.